The summed E-state index contributed by atoms with van der Waals surface area (Å²) in [6.07, 6.45) is 3.74. The fraction of sp³-hybridized carbons (Fsp3) is 0.625. The van der Waals surface area contributed by atoms with E-state index in [1.165, 1.54) is 43.5 Å². The van der Waals surface area contributed by atoms with Gasteiger partial charge in [-0.05, 0) is 44.8 Å². The molecule has 0 saturated heterocycles. The van der Waals surface area contributed by atoms with Gasteiger partial charge in [-0.3, -0.25) is 0 Å². The van der Waals surface area contributed by atoms with Crippen molar-refractivity contribution in [2.45, 2.75) is 40.0 Å². The van der Waals surface area contributed by atoms with E-state index in [1.54, 1.807) is 0 Å². The molecule has 1 heteroatoms. The van der Waals surface area contributed by atoms with Crippen molar-refractivity contribution >= 4 is 0 Å². The summed E-state index contributed by atoms with van der Waals surface area (Å²) in [6.45, 7) is 9.17. The van der Waals surface area contributed by atoms with Crippen molar-refractivity contribution in [3.8, 4) is 0 Å². The molecule has 0 aromatic heterocycles. The largest absolute Gasteiger partial charge is 0.306 e. The lowest BCUT2D eigenvalue weighted by Gasteiger charge is -2.20. The normalized spacial score (nSPS) is 13.0. The molecular weight excluding hydrogens is 206 g/mol. The van der Waals surface area contributed by atoms with Crippen LogP contribution >= 0.6 is 0 Å². The van der Waals surface area contributed by atoms with Gasteiger partial charge < -0.3 is 4.90 Å². The molecule has 0 aliphatic carbocycles. The summed E-state index contributed by atoms with van der Waals surface area (Å²) in [5, 5.41) is 0. The second kappa shape index (κ2) is 7.50. The molecule has 0 amide bonds. The number of aryl methyl sites for hydroxylation is 2. The van der Waals surface area contributed by atoms with E-state index in [0.29, 0.717) is 0 Å². The van der Waals surface area contributed by atoms with Gasteiger partial charge in [0.1, 0.15) is 0 Å². The standard InChI is InChI=1S/C16H27N/c1-5-14(2)13-17(4)12-6-7-16-10-8-15(3)9-11-16/h8-11,14H,5-7,12-13H2,1-4H3. The van der Waals surface area contributed by atoms with Crippen LogP contribution in [-0.2, 0) is 6.42 Å². The van der Waals surface area contributed by atoms with Gasteiger partial charge in [-0.25, -0.2) is 0 Å². The molecule has 1 nitrogen and oxygen atoms in total. The highest BCUT2D eigenvalue weighted by Crippen LogP contribution is 2.07. The Labute approximate surface area is 107 Å². The second-order valence-electron chi connectivity index (χ2n) is 5.36. The highest BCUT2D eigenvalue weighted by Gasteiger charge is 2.03. The van der Waals surface area contributed by atoms with E-state index in [2.05, 4.69) is 57.0 Å². The van der Waals surface area contributed by atoms with E-state index in [4.69, 9.17) is 0 Å². The average Bonchev–Trinajstić information content (AvgIpc) is 2.31. The van der Waals surface area contributed by atoms with Crippen molar-refractivity contribution in [2.75, 3.05) is 20.1 Å². The lowest BCUT2D eigenvalue weighted by molar-refractivity contribution is 0.279. The quantitative estimate of drug-likeness (QED) is 0.690. The summed E-state index contributed by atoms with van der Waals surface area (Å²) in [4.78, 5) is 2.46. The highest BCUT2D eigenvalue weighted by molar-refractivity contribution is 5.21. The number of benzene rings is 1. The van der Waals surface area contributed by atoms with Gasteiger partial charge in [0, 0.05) is 6.54 Å². The lowest BCUT2D eigenvalue weighted by atomic mass is 10.1. The van der Waals surface area contributed by atoms with Gasteiger partial charge in [0.25, 0.3) is 0 Å². The maximum absolute atomic E-state index is 2.46. The Hall–Kier alpha value is -0.820. The van der Waals surface area contributed by atoms with E-state index < -0.39 is 0 Å². The monoisotopic (exact) mass is 233 g/mol. The van der Waals surface area contributed by atoms with Crippen LogP contribution in [0.1, 0.15) is 37.8 Å². The first-order chi connectivity index (χ1) is 8.11. The summed E-state index contributed by atoms with van der Waals surface area (Å²) >= 11 is 0. The van der Waals surface area contributed by atoms with Crippen molar-refractivity contribution in [2.24, 2.45) is 5.92 Å². The number of rotatable bonds is 7. The van der Waals surface area contributed by atoms with Crippen LogP contribution in [0.4, 0.5) is 0 Å². The molecule has 0 heterocycles. The third-order valence-corrected chi connectivity index (χ3v) is 3.45. The van der Waals surface area contributed by atoms with Crippen LogP contribution in [-0.4, -0.2) is 25.0 Å². The Morgan fingerprint density at radius 1 is 1.18 bits per heavy atom. The molecule has 0 bridgehead atoms. The van der Waals surface area contributed by atoms with E-state index in [-0.39, 0.29) is 0 Å². The molecule has 1 aromatic rings. The van der Waals surface area contributed by atoms with Gasteiger partial charge in [-0.1, -0.05) is 50.1 Å². The SMILES string of the molecule is CCC(C)CN(C)CCCc1ccc(C)cc1. The molecule has 1 atom stereocenters. The van der Waals surface area contributed by atoms with Crippen molar-refractivity contribution in [1.29, 1.82) is 0 Å². The molecule has 0 spiro atoms. The molecule has 96 valence electrons. The highest BCUT2D eigenvalue weighted by atomic mass is 15.1. The molecule has 0 radical (unpaired) electrons. The molecule has 1 unspecified atom stereocenters. The van der Waals surface area contributed by atoms with Gasteiger partial charge in [-0.2, -0.15) is 0 Å². The molecule has 1 rings (SSSR count). The van der Waals surface area contributed by atoms with Gasteiger partial charge in [-0.15, -0.1) is 0 Å². The zero-order valence-electron chi connectivity index (χ0n) is 11.9. The molecule has 0 aliphatic heterocycles. The summed E-state index contributed by atoms with van der Waals surface area (Å²) in [5.74, 6) is 0.819. The van der Waals surface area contributed by atoms with Crippen molar-refractivity contribution in [3.63, 3.8) is 0 Å². The molecule has 0 aliphatic rings. The van der Waals surface area contributed by atoms with Crippen LogP contribution in [0.5, 0.6) is 0 Å². The minimum atomic E-state index is 0.819. The van der Waals surface area contributed by atoms with Gasteiger partial charge >= 0.3 is 0 Å². The number of hydrogen-bond acceptors (Lipinski definition) is 1. The van der Waals surface area contributed by atoms with Gasteiger partial charge in [0.05, 0.1) is 0 Å². The first kappa shape index (κ1) is 14.2. The predicted octanol–water partition coefficient (Wildman–Crippen LogP) is 3.91. The van der Waals surface area contributed by atoms with Crippen molar-refractivity contribution < 1.29 is 0 Å². The molecule has 0 saturated carbocycles. The molecule has 1 aromatic carbocycles. The molecule has 0 N–H and O–H groups in total. The Kier molecular flexibility index (Phi) is 6.28. The summed E-state index contributed by atoms with van der Waals surface area (Å²) < 4.78 is 0. The Morgan fingerprint density at radius 3 is 2.41 bits per heavy atom. The first-order valence-corrected chi connectivity index (χ1v) is 6.86. The zero-order valence-corrected chi connectivity index (χ0v) is 11.9. The molecule has 17 heavy (non-hydrogen) atoms. The fourth-order valence-electron chi connectivity index (χ4n) is 2.06. The van der Waals surface area contributed by atoms with Crippen LogP contribution in [0.15, 0.2) is 24.3 Å². The maximum atomic E-state index is 2.46. The third-order valence-electron chi connectivity index (χ3n) is 3.45. The minimum absolute atomic E-state index is 0.819. The summed E-state index contributed by atoms with van der Waals surface area (Å²) in [7, 11) is 2.24. The third kappa shape index (κ3) is 5.88. The van der Waals surface area contributed by atoms with Gasteiger partial charge in [0.15, 0.2) is 0 Å². The van der Waals surface area contributed by atoms with Crippen LogP contribution in [0, 0.1) is 12.8 Å². The van der Waals surface area contributed by atoms with Crippen LogP contribution in [0.25, 0.3) is 0 Å². The van der Waals surface area contributed by atoms with Crippen LogP contribution in [0.3, 0.4) is 0 Å². The topological polar surface area (TPSA) is 3.24 Å². The van der Waals surface area contributed by atoms with E-state index in [1.807, 2.05) is 0 Å². The average molecular weight is 233 g/mol. The zero-order chi connectivity index (χ0) is 12.7. The predicted molar refractivity (Wildman–Crippen MR) is 76.5 cm³/mol. The van der Waals surface area contributed by atoms with Crippen molar-refractivity contribution in [3.05, 3.63) is 35.4 Å². The van der Waals surface area contributed by atoms with E-state index in [0.717, 1.165) is 5.92 Å². The molecule has 0 fully saturated rings. The maximum Gasteiger partial charge on any atom is 0.000387 e. The van der Waals surface area contributed by atoms with Crippen LogP contribution < -0.4 is 0 Å². The molecular formula is C16H27N. The lowest BCUT2D eigenvalue weighted by Crippen LogP contribution is -2.25. The van der Waals surface area contributed by atoms with Crippen LogP contribution in [0.2, 0.25) is 0 Å². The minimum Gasteiger partial charge on any atom is -0.306 e. The second-order valence-corrected chi connectivity index (χ2v) is 5.36. The van der Waals surface area contributed by atoms with Crippen molar-refractivity contribution in [1.82, 2.24) is 4.90 Å². The summed E-state index contributed by atoms with van der Waals surface area (Å²) in [5.41, 5.74) is 2.81. The number of nitrogens with zero attached hydrogens (tertiary/aromatic N) is 1. The fourth-order valence-corrected chi connectivity index (χ4v) is 2.06. The van der Waals surface area contributed by atoms with Gasteiger partial charge in [0.2, 0.25) is 0 Å². The Bertz CT molecular complexity index is 302. The smallest absolute Gasteiger partial charge is 0.000387 e. The Morgan fingerprint density at radius 2 is 1.82 bits per heavy atom. The Balaban J connectivity index is 2.21. The van der Waals surface area contributed by atoms with E-state index >= 15 is 0 Å². The van der Waals surface area contributed by atoms with E-state index in [9.17, 15) is 0 Å². The first-order valence-electron chi connectivity index (χ1n) is 6.86. The summed E-state index contributed by atoms with van der Waals surface area (Å²) in [6, 6.07) is 8.92. The number of hydrogen-bond donors (Lipinski definition) is 0.